The topological polar surface area (TPSA) is 87.2 Å². The van der Waals surface area contributed by atoms with E-state index in [1.807, 2.05) is 52.0 Å². The quantitative estimate of drug-likeness (QED) is 0.752. The number of hydrogen-bond donors (Lipinski definition) is 3. The summed E-state index contributed by atoms with van der Waals surface area (Å²) < 4.78 is 5.78. The first-order valence-electron chi connectivity index (χ1n) is 7.98. The van der Waals surface area contributed by atoms with Gasteiger partial charge in [-0.25, -0.2) is 5.10 Å². The van der Waals surface area contributed by atoms with Crippen molar-refractivity contribution in [3.63, 3.8) is 0 Å². The molecule has 1 atom stereocenters. The minimum Gasteiger partial charge on any atom is -0.490 e. The van der Waals surface area contributed by atoms with Crippen molar-refractivity contribution in [1.29, 1.82) is 0 Å². The fraction of sp³-hybridized carbons (Fsp3) is 0.444. The number of nitrogens with one attached hydrogen (secondary N) is 2. The predicted molar refractivity (Wildman–Crippen MR) is 94.3 cm³/mol. The first kappa shape index (κ1) is 18.2. The van der Waals surface area contributed by atoms with Crippen molar-refractivity contribution < 1.29 is 9.84 Å². The summed E-state index contributed by atoms with van der Waals surface area (Å²) >= 11 is 0. The molecule has 0 amide bonds. The van der Waals surface area contributed by atoms with E-state index in [-0.39, 0.29) is 17.7 Å². The smallest absolute Gasteiger partial charge is 0.264 e. The van der Waals surface area contributed by atoms with Gasteiger partial charge >= 0.3 is 0 Å². The molecule has 0 radical (unpaired) electrons. The molecular formula is C18H25N3O3. The Morgan fingerprint density at radius 2 is 2.04 bits per heavy atom. The van der Waals surface area contributed by atoms with Crippen molar-refractivity contribution >= 4 is 0 Å². The van der Waals surface area contributed by atoms with Crippen LogP contribution in [0.1, 0.15) is 26.3 Å². The highest BCUT2D eigenvalue weighted by Crippen LogP contribution is 2.29. The van der Waals surface area contributed by atoms with Crippen LogP contribution in [-0.2, 0) is 0 Å². The number of hydrogen-bond acceptors (Lipinski definition) is 5. The molecule has 0 fully saturated rings. The molecule has 1 heterocycles. The van der Waals surface area contributed by atoms with Gasteiger partial charge in [-0.05, 0) is 45.4 Å². The molecule has 24 heavy (non-hydrogen) atoms. The number of H-pyrrole nitrogens is 1. The molecule has 0 saturated carbocycles. The van der Waals surface area contributed by atoms with Crippen LogP contribution in [0.15, 0.2) is 35.1 Å². The number of rotatable bonds is 6. The Hall–Kier alpha value is -2.18. The summed E-state index contributed by atoms with van der Waals surface area (Å²) in [6.45, 7) is 8.57. The van der Waals surface area contributed by atoms with Crippen molar-refractivity contribution in [2.75, 3.05) is 13.2 Å². The highest BCUT2D eigenvalue weighted by atomic mass is 16.5. The van der Waals surface area contributed by atoms with Gasteiger partial charge in [-0.2, -0.15) is 5.10 Å². The molecule has 0 spiro atoms. The molecule has 1 aromatic carbocycles. The largest absolute Gasteiger partial charge is 0.490 e. The third kappa shape index (κ3) is 5.18. The monoisotopic (exact) mass is 331 g/mol. The lowest BCUT2D eigenvalue weighted by molar-refractivity contribution is 0.100. The minimum absolute atomic E-state index is 0.0597. The molecule has 1 aromatic heterocycles. The van der Waals surface area contributed by atoms with Crippen LogP contribution in [0.25, 0.3) is 11.3 Å². The highest BCUT2D eigenvalue weighted by molar-refractivity contribution is 5.69. The number of aryl methyl sites for hydroxylation is 1. The molecule has 3 N–H and O–H groups in total. The van der Waals surface area contributed by atoms with E-state index in [0.717, 1.165) is 11.1 Å². The third-order valence-electron chi connectivity index (χ3n) is 3.44. The zero-order valence-electron chi connectivity index (χ0n) is 14.6. The maximum atomic E-state index is 11.3. The summed E-state index contributed by atoms with van der Waals surface area (Å²) in [4.78, 5) is 11.3. The Balaban J connectivity index is 2.11. The van der Waals surface area contributed by atoms with Crippen molar-refractivity contribution in [2.24, 2.45) is 0 Å². The lowest BCUT2D eigenvalue weighted by Gasteiger charge is -2.23. The van der Waals surface area contributed by atoms with Gasteiger partial charge in [0, 0.05) is 23.7 Å². The number of benzene rings is 1. The number of aromatic amines is 1. The van der Waals surface area contributed by atoms with E-state index in [0.29, 0.717) is 18.0 Å². The maximum absolute atomic E-state index is 11.3. The van der Waals surface area contributed by atoms with Crippen molar-refractivity contribution in [3.8, 4) is 17.0 Å². The Morgan fingerprint density at radius 3 is 2.71 bits per heavy atom. The summed E-state index contributed by atoms with van der Waals surface area (Å²) in [5.74, 6) is 0.620. The molecule has 0 saturated heterocycles. The molecule has 6 nitrogen and oxygen atoms in total. The maximum Gasteiger partial charge on any atom is 0.264 e. The number of β-amino-alcohol motifs (C(OH)–C–C–N with tert-alkyl or cyclic N) is 1. The molecule has 0 aliphatic carbocycles. The predicted octanol–water partition coefficient (Wildman–Crippen LogP) is 1.87. The van der Waals surface area contributed by atoms with E-state index >= 15 is 0 Å². The fourth-order valence-electron chi connectivity index (χ4n) is 2.23. The van der Waals surface area contributed by atoms with E-state index in [2.05, 4.69) is 15.5 Å². The zero-order valence-corrected chi connectivity index (χ0v) is 14.6. The molecule has 6 heteroatoms. The molecule has 0 aliphatic rings. The van der Waals surface area contributed by atoms with Crippen LogP contribution in [0.3, 0.4) is 0 Å². The van der Waals surface area contributed by atoms with Gasteiger partial charge in [0.2, 0.25) is 0 Å². The summed E-state index contributed by atoms with van der Waals surface area (Å²) in [5.41, 5.74) is 1.91. The van der Waals surface area contributed by atoms with E-state index in [1.54, 1.807) is 0 Å². The SMILES string of the molecule is Cc1cc(=O)[nH]nc1-c1ccccc1OCC(O)CNC(C)(C)C. The first-order valence-corrected chi connectivity index (χ1v) is 7.98. The average molecular weight is 331 g/mol. The van der Waals surface area contributed by atoms with E-state index in [1.165, 1.54) is 6.07 Å². The lowest BCUT2D eigenvalue weighted by atomic mass is 10.1. The first-order chi connectivity index (χ1) is 11.3. The Bertz CT molecular complexity index is 735. The number of aliphatic hydroxyl groups excluding tert-OH is 1. The molecule has 2 aromatic rings. The second kappa shape index (κ2) is 7.59. The number of aliphatic hydroxyl groups is 1. The van der Waals surface area contributed by atoms with Gasteiger partial charge in [0.25, 0.3) is 5.56 Å². The number of aromatic nitrogens is 2. The molecular weight excluding hydrogens is 306 g/mol. The molecule has 1 unspecified atom stereocenters. The van der Waals surface area contributed by atoms with Crippen molar-refractivity contribution in [3.05, 3.63) is 46.2 Å². The van der Waals surface area contributed by atoms with Gasteiger partial charge < -0.3 is 15.2 Å². The van der Waals surface area contributed by atoms with Gasteiger partial charge in [-0.1, -0.05) is 12.1 Å². The van der Waals surface area contributed by atoms with Gasteiger partial charge in [0.05, 0.1) is 5.69 Å². The van der Waals surface area contributed by atoms with Crippen LogP contribution in [0.2, 0.25) is 0 Å². The van der Waals surface area contributed by atoms with Crippen LogP contribution in [-0.4, -0.2) is 40.1 Å². The molecule has 2 rings (SSSR count). The van der Waals surface area contributed by atoms with Crippen LogP contribution in [0.4, 0.5) is 0 Å². The Kier molecular flexibility index (Phi) is 5.75. The van der Waals surface area contributed by atoms with Crippen LogP contribution in [0.5, 0.6) is 5.75 Å². The summed E-state index contributed by atoms with van der Waals surface area (Å²) in [7, 11) is 0. The fourth-order valence-corrected chi connectivity index (χ4v) is 2.23. The number of para-hydroxylation sites is 1. The minimum atomic E-state index is -0.623. The Morgan fingerprint density at radius 1 is 1.33 bits per heavy atom. The average Bonchev–Trinajstić information content (AvgIpc) is 2.51. The number of nitrogens with zero attached hydrogens (tertiary/aromatic N) is 1. The summed E-state index contributed by atoms with van der Waals surface area (Å²) in [6.07, 6.45) is -0.623. The number of ether oxygens (including phenoxy) is 1. The standard InChI is InChI=1S/C18H25N3O3/c1-12-9-16(23)20-21-17(12)14-7-5-6-8-15(14)24-11-13(22)10-19-18(2,3)4/h5-9,13,19,22H,10-11H2,1-4H3,(H,20,23). The van der Waals surface area contributed by atoms with E-state index in [9.17, 15) is 9.90 Å². The molecule has 130 valence electrons. The van der Waals surface area contributed by atoms with Crippen LogP contribution < -0.4 is 15.6 Å². The van der Waals surface area contributed by atoms with Gasteiger partial charge in [-0.15, -0.1) is 0 Å². The van der Waals surface area contributed by atoms with Crippen LogP contribution in [0, 0.1) is 6.92 Å². The summed E-state index contributed by atoms with van der Waals surface area (Å²) in [5, 5.41) is 19.9. The van der Waals surface area contributed by atoms with Gasteiger partial charge in [-0.3, -0.25) is 4.79 Å². The van der Waals surface area contributed by atoms with Crippen molar-refractivity contribution in [2.45, 2.75) is 39.3 Å². The highest BCUT2D eigenvalue weighted by Gasteiger charge is 2.15. The zero-order chi connectivity index (χ0) is 17.7. The second-order valence-electron chi connectivity index (χ2n) is 6.86. The van der Waals surface area contributed by atoms with E-state index < -0.39 is 6.10 Å². The van der Waals surface area contributed by atoms with Crippen molar-refractivity contribution in [1.82, 2.24) is 15.5 Å². The molecule has 0 aliphatic heterocycles. The van der Waals surface area contributed by atoms with Gasteiger partial charge in [0.15, 0.2) is 0 Å². The second-order valence-corrected chi connectivity index (χ2v) is 6.86. The molecule has 0 bridgehead atoms. The van der Waals surface area contributed by atoms with E-state index in [4.69, 9.17) is 4.74 Å². The third-order valence-corrected chi connectivity index (χ3v) is 3.44. The summed E-state index contributed by atoms with van der Waals surface area (Å²) in [6, 6.07) is 8.95. The Labute approximate surface area is 141 Å². The normalized spacial score (nSPS) is 12.9. The van der Waals surface area contributed by atoms with Crippen LogP contribution >= 0.6 is 0 Å². The lowest BCUT2D eigenvalue weighted by Crippen LogP contribution is -2.42. The van der Waals surface area contributed by atoms with Gasteiger partial charge in [0.1, 0.15) is 18.5 Å².